The second kappa shape index (κ2) is 5.70. The number of rotatable bonds is 4. The molecular weight excluding hydrogens is 240 g/mol. The number of aryl methyl sites for hydroxylation is 1. The summed E-state index contributed by atoms with van der Waals surface area (Å²) in [6, 6.07) is 6.89. The first kappa shape index (κ1) is 13.3. The highest BCUT2D eigenvalue weighted by molar-refractivity contribution is 7.80. The van der Waals surface area contributed by atoms with Crippen LogP contribution in [0.3, 0.4) is 0 Å². The lowest BCUT2D eigenvalue weighted by atomic mass is 10.0. The van der Waals surface area contributed by atoms with Gasteiger partial charge in [-0.2, -0.15) is 0 Å². The fourth-order valence-corrected chi connectivity index (χ4v) is 3.22. The average molecular weight is 262 g/mol. The minimum absolute atomic E-state index is 0.505. The summed E-state index contributed by atoms with van der Waals surface area (Å²) in [4.78, 5) is 3.00. The fourth-order valence-electron chi connectivity index (χ4n) is 3.05. The molecule has 1 aromatic rings. The molecule has 2 nitrogen and oxygen atoms in total. The molecule has 0 heterocycles. The van der Waals surface area contributed by atoms with E-state index in [9.17, 15) is 0 Å². The van der Waals surface area contributed by atoms with E-state index in [1.165, 1.54) is 36.9 Å². The Bertz CT molecular complexity index is 436. The Kier molecular flexibility index (Phi) is 4.23. The van der Waals surface area contributed by atoms with Gasteiger partial charge in [0, 0.05) is 18.2 Å². The van der Waals surface area contributed by atoms with Gasteiger partial charge in [-0.25, -0.2) is 0 Å². The van der Waals surface area contributed by atoms with Crippen LogP contribution in [0.1, 0.15) is 43.7 Å². The molecule has 3 heteroatoms. The molecular formula is C15H22N2S. The molecule has 1 fully saturated rings. The number of hydrogen-bond acceptors (Lipinski definition) is 2. The molecule has 98 valence electrons. The van der Waals surface area contributed by atoms with Crippen LogP contribution in [0.25, 0.3) is 0 Å². The van der Waals surface area contributed by atoms with E-state index in [1.807, 2.05) is 12.1 Å². The number of nitrogens with two attached hydrogens (primary N) is 1. The highest BCUT2D eigenvalue weighted by atomic mass is 32.1. The van der Waals surface area contributed by atoms with Crippen molar-refractivity contribution in [3.63, 3.8) is 0 Å². The molecule has 0 amide bonds. The van der Waals surface area contributed by atoms with Crippen molar-refractivity contribution in [2.75, 3.05) is 11.4 Å². The Morgan fingerprint density at radius 1 is 1.39 bits per heavy atom. The van der Waals surface area contributed by atoms with Crippen molar-refractivity contribution in [3.05, 3.63) is 29.3 Å². The standard InChI is InChI=1S/C15H22N2S/c1-3-17(12-8-4-5-9-12)14-11(2)7-6-10-13(14)15(16)18/h6-7,10,12H,3-5,8-9H2,1-2H3,(H2,16,18). The summed E-state index contributed by atoms with van der Waals surface area (Å²) >= 11 is 5.20. The van der Waals surface area contributed by atoms with Crippen LogP contribution in [-0.2, 0) is 0 Å². The number of nitrogens with zero attached hydrogens (tertiary/aromatic N) is 1. The molecule has 2 N–H and O–H groups in total. The lowest BCUT2D eigenvalue weighted by Crippen LogP contribution is -2.35. The van der Waals surface area contributed by atoms with E-state index in [0.29, 0.717) is 11.0 Å². The van der Waals surface area contributed by atoms with Gasteiger partial charge in [-0.05, 0) is 38.3 Å². The average Bonchev–Trinajstić information content (AvgIpc) is 2.85. The summed E-state index contributed by atoms with van der Waals surface area (Å²) in [5.41, 5.74) is 9.43. The topological polar surface area (TPSA) is 29.3 Å². The maximum absolute atomic E-state index is 5.88. The van der Waals surface area contributed by atoms with Gasteiger partial charge in [0.05, 0.1) is 5.69 Å². The first-order valence-electron chi connectivity index (χ1n) is 6.81. The molecule has 0 aromatic heterocycles. The van der Waals surface area contributed by atoms with E-state index in [2.05, 4.69) is 24.8 Å². The van der Waals surface area contributed by atoms with Crippen molar-refractivity contribution in [1.82, 2.24) is 0 Å². The zero-order valence-corrected chi connectivity index (χ0v) is 12.1. The van der Waals surface area contributed by atoms with Crippen molar-refractivity contribution in [2.24, 2.45) is 5.73 Å². The number of hydrogen-bond donors (Lipinski definition) is 1. The van der Waals surface area contributed by atoms with Crippen LogP contribution in [0.5, 0.6) is 0 Å². The van der Waals surface area contributed by atoms with Gasteiger partial charge >= 0.3 is 0 Å². The van der Waals surface area contributed by atoms with Crippen LogP contribution in [0.15, 0.2) is 18.2 Å². The largest absolute Gasteiger partial charge is 0.389 e. The SMILES string of the molecule is CCN(c1c(C)cccc1C(N)=S)C1CCCC1. The summed E-state index contributed by atoms with van der Waals surface area (Å²) in [7, 11) is 0. The second-order valence-electron chi connectivity index (χ2n) is 5.06. The number of thiocarbonyl (C=S) groups is 1. The number of anilines is 1. The van der Waals surface area contributed by atoms with E-state index < -0.39 is 0 Å². The van der Waals surface area contributed by atoms with Crippen LogP contribution < -0.4 is 10.6 Å². The second-order valence-corrected chi connectivity index (χ2v) is 5.50. The molecule has 1 aliphatic carbocycles. The third kappa shape index (κ3) is 2.51. The molecule has 1 saturated carbocycles. The monoisotopic (exact) mass is 262 g/mol. The van der Waals surface area contributed by atoms with Crippen LogP contribution >= 0.6 is 12.2 Å². The van der Waals surface area contributed by atoms with Crippen LogP contribution in [-0.4, -0.2) is 17.6 Å². The Morgan fingerprint density at radius 2 is 2.06 bits per heavy atom. The van der Waals surface area contributed by atoms with Gasteiger partial charge < -0.3 is 10.6 Å². The first-order valence-corrected chi connectivity index (χ1v) is 7.22. The Labute approximate surface area is 115 Å². The molecule has 0 unspecified atom stereocenters. The fraction of sp³-hybridized carbons (Fsp3) is 0.533. The minimum Gasteiger partial charge on any atom is -0.389 e. The van der Waals surface area contributed by atoms with E-state index in [0.717, 1.165) is 12.1 Å². The van der Waals surface area contributed by atoms with Gasteiger partial charge in [-0.3, -0.25) is 0 Å². The summed E-state index contributed by atoms with van der Waals surface area (Å²) in [6.07, 6.45) is 5.27. The Morgan fingerprint density at radius 3 is 2.61 bits per heavy atom. The van der Waals surface area contributed by atoms with Gasteiger partial charge in [0.2, 0.25) is 0 Å². The van der Waals surface area contributed by atoms with Crippen molar-refractivity contribution < 1.29 is 0 Å². The van der Waals surface area contributed by atoms with E-state index in [1.54, 1.807) is 0 Å². The highest BCUT2D eigenvalue weighted by Gasteiger charge is 2.24. The molecule has 0 spiro atoms. The third-order valence-electron chi connectivity index (χ3n) is 3.90. The van der Waals surface area contributed by atoms with Crippen molar-refractivity contribution in [2.45, 2.75) is 45.6 Å². The summed E-state index contributed by atoms with van der Waals surface area (Å²) in [5.74, 6) is 0. The maximum atomic E-state index is 5.88. The molecule has 0 bridgehead atoms. The van der Waals surface area contributed by atoms with Crippen LogP contribution in [0.4, 0.5) is 5.69 Å². The van der Waals surface area contributed by atoms with Crippen molar-refractivity contribution in [3.8, 4) is 0 Å². The molecule has 0 radical (unpaired) electrons. The third-order valence-corrected chi connectivity index (χ3v) is 4.12. The smallest absolute Gasteiger partial charge is 0.106 e. The van der Waals surface area contributed by atoms with Crippen molar-refractivity contribution in [1.29, 1.82) is 0 Å². The number of benzene rings is 1. The minimum atomic E-state index is 0.505. The highest BCUT2D eigenvalue weighted by Crippen LogP contribution is 2.32. The Balaban J connectivity index is 2.43. The van der Waals surface area contributed by atoms with Gasteiger partial charge in [0.15, 0.2) is 0 Å². The summed E-state index contributed by atoms with van der Waals surface area (Å²) in [6.45, 7) is 5.38. The Hall–Kier alpha value is -1.09. The van der Waals surface area contributed by atoms with Crippen LogP contribution in [0.2, 0.25) is 0 Å². The lowest BCUT2D eigenvalue weighted by Gasteiger charge is -2.33. The first-order chi connectivity index (χ1) is 8.65. The molecule has 1 aliphatic rings. The van der Waals surface area contributed by atoms with Gasteiger partial charge in [-0.1, -0.05) is 37.2 Å². The number of para-hydroxylation sites is 1. The quantitative estimate of drug-likeness (QED) is 0.843. The molecule has 0 saturated heterocycles. The van der Waals surface area contributed by atoms with E-state index in [4.69, 9.17) is 18.0 Å². The molecule has 2 rings (SSSR count). The predicted molar refractivity (Wildman–Crippen MR) is 82.3 cm³/mol. The van der Waals surface area contributed by atoms with Crippen LogP contribution in [0, 0.1) is 6.92 Å². The van der Waals surface area contributed by atoms with Gasteiger partial charge in [0.25, 0.3) is 0 Å². The normalized spacial score (nSPS) is 15.9. The molecule has 0 atom stereocenters. The summed E-state index contributed by atoms with van der Waals surface area (Å²) in [5, 5.41) is 0. The summed E-state index contributed by atoms with van der Waals surface area (Å²) < 4.78 is 0. The zero-order valence-electron chi connectivity index (χ0n) is 11.3. The van der Waals surface area contributed by atoms with E-state index in [-0.39, 0.29) is 0 Å². The molecule has 18 heavy (non-hydrogen) atoms. The predicted octanol–water partition coefficient (Wildman–Crippen LogP) is 3.40. The molecule has 1 aromatic carbocycles. The zero-order chi connectivity index (χ0) is 13.1. The lowest BCUT2D eigenvalue weighted by molar-refractivity contribution is 0.618. The van der Waals surface area contributed by atoms with Gasteiger partial charge in [-0.15, -0.1) is 0 Å². The van der Waals surface area contributed by atoms with Gasteiger partial charge in [0.1, 0.15) is 4.99 Å². The van der Waals surface area contributed by atoms with E-state index >= 15 is 0 Å². The molecule has 0 aliphatic heterocycles. The van der Waals surface area contributed by atoms with Crippen molar-refractivity contribution >= 4 is 22.9 Å². The maximum Gasteiger partial charge on any atom is 0.106 e.